The quantitative estimate of drug-likeness (QED) is 0.256. The van der Waals surface area contributed by atoms with Gasteiger partial charge in [-0.1, -0.05) is 42.5 Å². The number of hydrogen-bond donors (Lipinski definition) is 1. The molecule has 0 aliphatic carbocycles. The van der Waals surface area contributed by atoms with Gasteiger partial charge in [-0.25, -0.2) is 0 Å². The van der Waals surface area contributed by atoms with Gasteiger partial charge >= 0.3 is 0 Å². The first-order chi connectivity index (χ1) is 17.5. The summed E-state index contributed by atoms with van der Waals surface area (Å²) in [5.41, 5.74) is 1.85. The molecular formula is C29H29NO6. The minimum absolute atomic E-state index is 0.0132. The van der Waals surface area contributed by atoms with Crippen LogP contribution >= 0.6 is 0 Å². The third kappa shape index (κ3) is 4.91. The molecule has 3 aromatic carbocycles. The van der Waals surface area contributed by atoms with Crippen molar-refractivity contribution in [3.8, 4) is 17.2 Å². The molecule has 1 aliphatic rings. The van der Waals surface area contributed by atoms with Crippen LogP contribution in [-0.2, 0) is 16.1 Å². The monoisotopic (exact) mass is 487 g/mol. The average molecular weight is 488 g/mol. The molecular weight excluding hydrogens is 458 g/mol. The minimum atomic E-state index is -0.779. The molecule has 1 aliphatic heterocycles. The molecule has 0 bridgehead atoms. The van der Waals surface area contributed by atoms with Crippen molar-refractivity contribution in [1.82, 2.24) is 4.90 Å². The molecule has 1 heterocycles. The Balaban J connectivity index is 1.85. The lowest BCUT2D eigenvalue weighted by molar-refractivity contribution is -0.140. The second kappa shape index (κ2) is 11.0. The van der Waals surface area contributed by atoms with Crippen LogP contribution in [-0.4, -0.2) is 42.0 Å². The summed E-state index contributed by atoms with van der Waals surface area (Å²) in [5, 5.41) is 11.5. The Morgan fingerprint density at radius 3 is 2.33 bits per heavy atom. The van der Waals surface area contributed by atoms with E-state index in [9.17, 15) is 14.7 Å². The third-order valence-electron chi connectivity index (χ3n) is 5.96. The number of nitrogens with zero attached hydrogens (tertiary/aromatic N) is 1. The number of methoxy groups -OCH3 is 1. The fourth-order valence-electron chi connectivity index (χ4n) is 4.37. The summed E-state index contributed by atoms with van der Waals surface area (Å²) in [7, 11) is 1.57. The Morgan fingerprint density at radius 1 is 0.889 bits per heavy atom. The molecule has 4 rings (SSSR count). The number of ketones is 1. The molecule has 1 amide bonds. The lowest BCUT2D eigenvalue weighted by Crippen LogP contribution is -2.29. The van der Waals surface area contributed by atoms with Crippen molar-refractivity contribution in [2.24, 2.45) is 0 Å². The summed E-state index contributed by atoms with van der Waals surface area (Å²) >= 11 is 0. The lowest BCUT2D eigenvalue weighted by atomic mass is 9.95. The van der Waals surface area contributed by atoms with Crippen LogP contribution in [0.25, 0.3) is 5.76 Å². The molecule has 1 saturated heterocycles. The number of likely N-dealkylation sites (tertiary alicyclic amines) is 1. The Bertz CT molecular complexity index is 1280. The summed E-state index contributed by atoms with van der Waals surface area (Å²) in [6.45, 7) is 4.69. The van der Waals surface area contributed by atoms with Gasteiger partial charge in [-0.15, -0.1) is 0 Å². The smallest absolute Gasteiger partial charge is 0.295 e. The predicted octanol–water partition coefficient (Wildman–Crippen LogP) is 5.11. The third-order valence-corrected chi connectivity index (χ3v) is 5.96. The fourth-order valence-corrected chi connectivity index (χ4v) is 4.37. The maximum atomic E-state index is 13.4. The lowest BCUT2D eigenvalue weighted by Gasteiger charge is -2.25. The summed E-state index contributed by atoms with van der Waals surface area (Å²) in [5.74, 6) is -0.127. The van der Waals surface area contributed by atoms with E-state index in [2.05, 4.69) is 0 Å². The van der Waals surface area contributed by atoms with Gasteiger partial charge in [0.15, 0.2) is 0 Å². The predicted molar refractivity (Wildman–Crippen MR) is 136 cm³/mol. The zero-order valence-electron chi connectivity index (χ0n) is 20.6. The van der Waals surface area contributed by atoms with E-state index in [0.29, 0.717) is 41.6 Å². The van der Waals surface area contributed by atoms with Crippen molar-refractivity contribution in [2.75, 3.05) is 20.3 Å². The first-order valence-corrected chi connectivity index (χ1v) is 11.8. The van der Waals surface area contributed by atoms with E-state index in [1.54, 1.807) is 25.3 Å². The van der Waals surface area contributed by atoms with Crippen LogP contribution < -0.4 is 14.2 Å². The Hall–Kier alpha value is -4.26. The number of carbonyl (C=O) groups is 2. The van der Waals surface area contributed by atoms with Crippen molar-refractivity contribution < 1.29 is 28.9 Å². The van der Waals surface area contributed by atoms with Gasteiger partial charge in [0.1, 0.15) is 23.0 Å². The number of benzene rings is 3. The number of rotatable bonds is 9. The van der Waals surface area contributed by atoms with Gasteiger partial charge < -0.3 is 24.2 Å². The molecule has 7 nitrogen and oxygen atoms in total. The SMILES string of the molecule is CCOc1ccc(/C(O)=C2/C(=O)C(=O)N(Cc3cccc(OC)c3)C2c2ccccc2)c(OCC)c1. The van der Waals surface area contributed by atoms with Crippen molar-refractivity contribution >= 4 is 17.4 Å². The highest BCUT2D eigenvalue weighted by Crippen LogP contribution is 2.42. The van der Waals surface area contributed by atoms with Crippen molar-refractivity contribution in [3.05, 3.63) is 95.1 Å². The van der Waals surface area contributed by atoms with Crippen molar-refractivity contribution in [2.45, 2.75) is 26.4 Å². The van der Waals surface area contributed by atoms with Gasteiger partial charge in [0.05, 0.1) is 37.5 Å². The Labute approximate surface area is 210 Å². The zero-order valence-corrected chi connectivity index (χ0v) is 20.6. The molecule has 1 atom stereocenters. The van der Waals surface area contributed by atoms with Crippen LogP contribution in [0.1, 0.15) is 36.6 Å². The van der Waals surface area contributed by atoms with Gasteiger partial charge in [-0.05, 0) is 49.2 Å². The molecule has 186 valence electrons. The molecule has 0 radical (unpaired) electrons. The van der Waals surface area contributed by atoms with Crippen molar-refractivity contribution in [1.29, 1.82) is 0 Å². The first kappa shape index (κ1) is 24.9. The van der Waals surface area contributed by atoms with Crippen LogP contribution in [0.2, 0.25) is 0 Å². The zero-order chi connectivity index (χ0) is 25.7. The number of hydrogen-bond acceptors (Lipinski definition) is 6. The minimum Gasteiger partial charge on any atom is -0.507 e. The van der Waals surface area contributed by atoms with E-state index in [0.717, 1.165) is 5.56 Å². The van der Waals surface area contributed by atoms with E-state index < -0.39 is 17.7 Å². The molecule has 7 heteroatoms. The maximum absolute atomic E-state index is 13.4. The highest BCUT2D eigenvalue weighted by atomic mass is 16.5. The van der Waals surface area contributed by atoms with Crippen LogP contribution in [0.5, 0.6) is 17.2 Å². The van der Waals surface area contributed by atoms with Gasteiger partial charge in [0.2, 0.25) is 0 Å². The van der Waals surface area contributed by atoms with Crippen LogP contribution in [0, 0.1) is 0 Å². The molecule has 0 saturated carbocycles. The molecule has 1 N–H and O–H groups in total. The first-order valence-electron chi connectivity index (χ1n) is 11.8. The summed E-state index contributed by atoms with van der Waals surface area (Å²) in [6.07, 6.45) is 0. The summed E-state index contributed by atoms with van der Waals surface area (Å²) in [4.78, 5) is 28.1. The van der Waals surface area contributed by atoms with Crippen molar-refractivity contribution in [3.63, 3.8) is 0 Å². The molecule has 36 heavy (non-hydrogen) atoms. The van der Waals surface area contributed by atoms with Crippen LogP contribution in [0.4, 0.5) is 0 Å². The fraction of sp³-hybridized carbons (Fsp3) is 0.241. The van der Waals surface area contributed by atoms with E-state index in [4.69, 9.17) is 14.2 Å². The molecule has 1 unspecified atom stereocenters. The highest BCUT2D eigenvalue weighted by molar-refractivity contribution is 6.46. The average Bonchev–Trinajstić information content (AvgIpc) is 3.14. The van der Waals surface area contributed by atoms with E-state index in [1.165, 1.54) is 4.90 Å². The van der Waals surface area contributed by atoms with E-state index >= 15 is 0 Å². The second-order valence-electron chi connectivity index (χ2n) is 8.21. The molecule has 3 aromatic rings. The number of ether oxygens (including phenoxy) is 3. The number of aliphatic hydroxyl groups excluding tert-OH is 1. The summed E-state index contributed by atoms with van der Waals surface area (Å²) < 4.78 is 16.6. The summed E-state index contributed by atoms with van der Waals surface area (Å²) in [6, 6.07) is 20.8. The van der Waals surface area contributed by atoms with Gasteiger partial charge in [-0.2, -0.15) is 0 Å². The van der Waals surface area contributed by atoms with E-state index in [1.807, 2.05) is 68.4 Å². The number of Topliss-reactive ketones (excluding diaryl/α,β-unsaturated/α-hetero) is 1. The topological polar surface area (TPSA) is 85.3 Å². The number of carbonyl (C=O) groups excluding carboxylic acids is 2. The second-order valence-corrected chi connectivity index (χ2v) is 8.21. The van der Waals surface area contributed by atoms with Crippen LogP contribution in [0.3, 0.4) is 0 Å². The van der Waals surface area contributed by atoms with Gasteiger partial charge in [0, 0.05) is 12.6 Å². The highest BCUT2D eigenvalue weighted by Gasteiger charge is 2.46. The van der Waals surface area contributed by atoms with Gasteiger partial charge in [0.25, 0.3) is 11.7 Å². The molecule has 0 aromatic heterocycles. The number of aliphatic hydroxyl groups is 1. The van der Waals surface area contributed by atoms with E-state index in [-0.39, 0.29) is 17.9 Å². The van der Waals surface area contributed by atoms with Gasteiger partial charge in [-0.3, -0.25) is 9.59 Å². The Kier molecular flexibility index (Phi) is 7.59. The standard InChI is InChI=1S/C29H29NO6/c1-4-35-22-14-15-23(24(17-22)36-5-2)27(31)25-26(20-11-7-6-8-12-20)30(29(33)28(25)32)18-19-10-9-13-21(16-19)34-3/h6-17,26,31H,4-5,18H2,1-3H3/b27-25-. The largest absolute Gasteiger partial charge is 0.507 e. The molecule has 0 spiro atoms. The number of amides is 1. The molecule has 1 fully saturated rings. The Morgan fingerprint density at radius 2 is 1.64 bits per heavy atom. The van der Waals surface area contributed by atoms with Crippen LogP contribution in [0.15, 0.2) is 78.4 Å². The normalized spacial score (nSPS) is 16.8. The maximum Gasteiger partial charge on any atom is 0.295 e.